The van der Waals surface area contributed by atoms with Crippen LogP contribution in [0.5, 0.6) is 0 Å². The Morgan fingerprint density at radius 3 is 2.60 bits per heavy atom. The Morgan fingerprint density at radius 2 is 2.07 bits per heavy atom. The fraction of sp³-hybridized carbons (Fsp3) is 0.286. The van der Waals surface area contributed by atoms with Crippen LogP contribution in [0, 0.1) is 0 Å². The van der Waals surface area contributed by atoms with Crippen LogP contribution in [-0.4, -0.2) is 41.1 Å². The first-order valence-corrected chi connectivity index (χ1v) is 4.09. The lowest BCUT2D eigenvalue weighted by Crippen LogP contribution is -2.07. The fourth-order valence-electron chi connectivity index (χ4n) is 1.27. The summed E-state index contributed by atoms with van der Waals surface area (Å²) in [7, 11) is 3.17. The van der Waals surface area contributed by atoms with Gasteiger partial charge in [0.05, 0.1) is 6.20 Å². The number of aromatic carboxylic acids is 1. The minimum atomic E-state index is -1.08. The highest BCUT2D eigenvalue weighted by atomic mass is 16.4. The predicted octanol–water partition coefficient (Wildman–Crippen LogP) is -0.691. The summed E-state index contributed by atoms with van der Waals surface area (Å²) < 4.78 is 2.64. The van der Waals surface area contributed by atoms with Gasteiger partial charge in [0.1, 0.15) is 11.4 Å². The van der Waals surface area contributed by atoms with Crippen molar-refractivity contribution in [3.8, 4) is 11.4 Å². The van der Waals surface area contributed by atoms with Gasteiger partial charge in [-0.25, -0.2) is 14.2 Å². The Labute approximate surface area is 84.1 Å². The molecule has 2 heterocycles. The third-order valence-electron chi connectivity index (χ3n) is 1.99. The predicted molar refractivity (Wildman–Crippen MR) is 48.0 cm³/mol. The van der Waals surface area contributed by atoms with E-state index >= 15 is 0 Å². The van der Waals surface area contributed by atoms with Gasteiger partial charge in [-0.05, 0) is 0 Å². The van der Waals surface area contributed by atoms with E-state index in [1.165, 1.54) is 22.6 Å². The van der Waals surface area contributed by atoms with E-state index in [0.717, 1.165) is 0 Å². The van der Waals surface area contributed by atoms with Crippen molar-refractivity contribution in [2.45, 2.75) is 0 Å². The molecule has 0 amide bonds. The molecule has 0 atom stereocenters. The van der Waals surface area contributed by atoms with E-state index in [-0.39, 0.29) is 11.4 Å². The van der Waals surface area contributed by atoms with E-state index in [2.05, 4.69) is 20.6 Å². The van der Waals surface area contributed by atoms with E-state index in [9.17, 15) is 4.79 Å². The van der Waals surface area contributed by atoms with Crippen LogP contribution in [0.1, 0.15) is 10.5 Å². The minimum absolute atomic E-state index is 0.0143. The topological polar surface area (TPSA) is 98.7 Å². The zero-order chi connectivity index (χ0) is 11.0. The summed E-state index contributed by atoms with van der Waals surface area (Å²) in [4.78, 5) is 11.0. The molecule has 0 radical (unpaired) electrons. The Kier molecular flexibility index (Phi) is 1.96. The number of aromatic nitrogens is 6. The van der Waals surface area contributed by atoms with E-state index in [0.29, 0.717) is 5.69 Å². The molecule has 0 aliphatic carbocycles. The highest BCUT2D eigenvalue weighted by Gasteiger charge is 2.21. The van der Waals surface area contributed by atoms with Crippen molar-refractivity contribution in [1.82, 2.24) is 30.0 Å². The first-order chi connectivity index (χ1) is 7.11. The first-order valence-electron chi connectivity index (χ1n) is 4.09. The molecule has 0 aliphatic rings. The molecule has 0 saturated heterocycles. The second-order valence-electron chi connectivity index (χ2n) is 2.96. The Bertz CT molecular complexity index is 513. The molecule has 2 rings (SSSR count). The van der Waals surface area contributed by atoms with Crippen LogP contribution >= 0.6 is 0 Å². The van der Waals surface area contributed by atoms with Gasteiger partial charge in [-0.2, -0.15) is 0 Å². The van der Waals surface area contributed by atoms with Gasteiger partial charge < -0.3 is 5.11 Å². The Morgan fingerprint density at radius 1 is 1.33 bits per heavy atom. The molecule has 0 unspecified atom stereocenters. The number of rotatable bonds is 2. The smallest absolute Gasteiger partial charge is 0.356 e. The normalized spacial score (nSPS) is 10.5. The first kappa shape index (κ1) is 9.31. The fourth-order valence-corrected chi connectivity index (χ4v) is 1.27. The standard InChI is InChI=1S/C7H8N6O2/c1-12-4(3-8-10-12)5-6(7(14)15)13(2)11-9-5/h3H,1-2H3,(H,14,15). The highest BCUT2D eigenvalue weighted by molar-refractivity contribution is 5.92. The summed E-state index contributed by atoms with van der Waals surface area (Å²) in [5, 5.41) is 23.7. The van der Waals surface area contributed by atoms with E-state index in [1.54, 1.807) is 7.05 Å². The van der Waals surface area contributed by atoms with Gasteiger partial charge in [0, 0.05) is 14.1 Å². The Hall–Kier alpha value is -2.25. The van der Waals surface area contributed by atoms with Crippen LogP contribution in [0.25, 0.3) is 11.4 Å². The molecular weight excluding hydrogens is 200 g/mol. The summed E-state index contributed by atoms with van der Waals surface area (Å²) in [6.45, 7) is 0. The summed E-state index contributed by atoms with van der Waals surface area (Å²) in [5.41, 5.74) is 0.790. The molecule has 0 aliphatic heterocycles. The van der Waals surface area contributed by atoms with E-state index in [4.69, 9.17) is 5.11 Å². The van der Waals surface area contributed by atoms with Crippen LogP contribution in [-0.2, 0) is 14.1 Å². The van der Waals surface area contributed by atoms with Gasteiger partial charge in [0.2, 0.25) is 0 Å². The van der Waals surface area contributed by atoms with Crippen LogP contribution in [0.15, 0.2) is 6.20 Å². The van der Waals surface area contributed by atoms with Gasteiger partial charge in [-0.1, -0.05) is 10.4 Å². The lowest BCUT2D eigenvalue weighted by Gasteiger charge is -1.98. The maximum atomic E-state index is 11.0. The summed E-state index contributed by atoms with van der Waals surface area (Å²) in [6.07, 6.45) is 1.44. The number of carboxylic acid groups (broad SMARTS) is 1. The summed E-state index contributed by atoms with van der Waals surface area (Å²) in [6, 6.07) is 0. The SMILES string of the molecule is Cn1nncc1-c1nnn(C)c1C(=O)O. The number of carboxylic acids is 1. The molecule has 1 N–H and O–H groups in total. The maximum absolute atomic E-state index is 11.0. The van der Waals surface area contributed by atoms with Crippen molar-refractivity contribution < 1.29 is 9.90 Å². The monoisotopic (exact) mass is 208 g/mol. The quantitative estimate of drug-likeness (QED) is 0.701. The van der Waals surface area contributed by atoms with Crippen molar-refractivity contribution >= 4 is 5.97 Å². The summed E-state index contributed by atoms with van der Waals surface area (Å²) >= 11 is 0. The second-order valence-corrected chi connectivity index (χ2v) is 2.96. The van der Waals surface area contributed by atoms with Crippen molar-refractivity contribution in [3.05, 3.63) is 11.9 Å². The molecule has 15 heavy (non-hydrogen) atoms. The maximum Gasteiger partial charge on any atom is 0.356 e. The molecular formula is C7H8N6O2. The number of hydrogen-bond donors (Lipinski definition) is 1. The largest absolute Gasteiger partial charge is 0.476 e. The van der Waals surface area contributed by atoms with Gasteiger partial charge >= 0.3 is 5.97 Å². The zero-order valence-electron chi connectivity index (χ0n) is 8.12. The molecule has 8 nitrogen and oxygen atoms in total. The molecule has 2 aromatic rings. The molecule has 0 aromatic carbocycles. The van der Waals surface area contributed by atoms with E-state index < -0.39 is 5.97 Å². The molecule has 8 heteroatoms. The lowest BCUT2D eigenvalue weighted by molar-refractivity contribution is 0.0686. The van der Waals surface area contributed by atoms with Crippen LogP contribution < -0.4 is 0 Å². The van der Waals surface area contributed by atoms with Crippen LogP contribution in [0.4, 0.5) is 0 Å². The minimum Gasteiger partial charge on any atom is -0.476 e. The van der Waals surface area contributed by atoms with Crippen molar-refractivity contribution in [3.63, 3.8) is 0 Å². The molecule has 0 spiro atoms. The van der Waals surface area contributed by atoms with Gasteiger partial charge in [-0.15, -0.1) is 10.2 Å². The third kappa shape index (κ3) is 1.35. The lowest BCUT2D eigenvalue weighted by atomic mass is 10.2. The van der Waals surface area contributed by atoms with E-state index in [1.807, 2.05) is 0 Å². The number of aryl methyl sites for hydroxylation is 2. The van der Waals surface area contributed by atoms with Crippen molar-refractivity contribution in [2.24, 2.45) is 14.1 Å². The molecule has 2 aromatic heterocycles. The average molecular weight is 208 g/mol. The number of hydrogen-bond acceptors (Lipinski definition) is 5. The molecule has 0 saturated carbocycles. The number of nitrogens with zero attached hydrogens (tertiary/aromatic N) is 6. The average Bonchev–Trinajstić information content (AvgIpc) is 2.71. The molecule has 0 bridgehead atoms. The summed E-state index contributed by atoms with van der Waals surface area (Å²) in [5.74, 6) is -1.08. The number of carbonyl (C=O) groups is 1. The van der Waals surface area contributed by atoms with Gasteiger partial charge in [0.25, 0.3) is 0 Å². The van der Waals surface area contributed by atoms with Crippen LogP contribution in [0.3, 0.4) is 0 Å². The second kappa shape index (κ2) is 3.15. The van der Waals surface area contributed by atoms with Gasteiger partial charge in [-0.3, -0.25) is 0 Å². The van der Waals surface area contributed by atoms with Crippen LogP contribution in [0.2, 0.25) is 0 Å². The van der Waals surface area contributed by atoms with Crippen molar-refractivity contribution in [1.29, 1.82) is 0 Å². The zero-order valence-corrected chi connectivity index (χ0v) is 8.12. The highest BCUT2D eigenvalue weighted by Crippen LogP contribution is 2.18. The Balaban J connectivity index is 2.64. The van der Waals surface area contributed by atoms with Gasteiger partial charge in [0.15, 0.2) is 5.69 Å². The molecule has 0 fully saturated rings. The van der Waals surface area contributed by atoms with Crippen molar-refractivity contribution in [2.75, 3.05) is 0 Å². The third-order valence-corrected chi connectivity index (χ3v) is 1.99. The molecule has 78 valence electrons.